The van der Waals surface area contributed by atoms with Crippen molar-refractivity contribution in [3.8, 4) is 6.07 Å². The van der Waals surface area contributed by atoms with E-state index in [9.17, 15) is 14.4 Å². The topological polar surface area (TPSA) is 108 Å². The summed E-state index contributed by atoms with van der Waals surface area (Å²) in [7, 11) is 0. The van der Waals surface area contributed by atoms with Gasteiger partial charge in [0.15, 0.2) is 0 Å². The van der Waals surface area contributed by atoms with Crippen LogP contribution in [0.4, 0.5) is 0 Å². The molecule has 0 unspecified atom stereocenters. The van der Waals surface area contributed by atoms with Gasteiger partial charge in [-0.15, -0.1) is 0 Å². The zero-order valence-electron chi connectivity index (χ0n) is 15.4. The van der Waals surface area contributed by atoms with Crippen LogP contribution < -0.4 is 10.6 Å². The number of nitriles is 1. The highest BCUT2D eigenvalue weighted by atomic mass is 16.5. The van der Waals surface area contributed by atoms with E-state index in [0.29, 0.717) is 12.0 Å². The number of carbonyl (C=O) groups excluding carboxylic acids is 3. The molecule has 0 bridgehead atoms. The molecule has 1 saturated carbocycles. The van der Waals surface area contributed by atoms with Gasteiger partial charge >= 0.3 is 5.97 Å². The molecule has 2 amide bonds. The van der Waals surface area contributed by atoms with Crippen LogP contribution in [0, 0.1) is 17.2 Å². The second-order valence-corrected chi connectivity index (χ2v) is 6.76. The molecule has 7 nitrogen and oxygen atoms in total. The highest BCUT2D eigenvalue weighted by Crippen LogP contribution is 2.29. The van der Waals surface area contributed by atoms with Gasteiger partial charge in [-0.2, -0.15) is 5.26 Å². The quantitative estimate of drug-likeness (QED) is 0.562. The fourth-order valence-corrected chi connectivity index (χ4v) is 3.37. The third kappa shape index (κ3) is 6.74. The molecule has 2 N–H and O–H groups in total. The summed E-state index contributed by atoms with van der Waals surface area (Å²) in [5, 5.41) is 14.0. The molecule has 0 spiro atoms. The van der Waals surface area contributed by atoms with Crippen LogP contribution in [0.5, 0.6) is 0 Å². The minimum absolute atomic E-state index is 0.0662. The van der Waals surface area contributed by atoms with Crippen LogP contribution in [0.1, 0.15) is 49.4 Å². The third-order valence-corrected chi connectivity index (χ3v) is 4.69. The highest BCUT2D eigenvalue weighted by molar-refractivity contribution is 5.97. The first-order chi connectivity index (χ1) is 13.0. The van der Waals surface area contributed by atoms with Crippen molar-refractivity contribution in [1.82, 2.24) is 10.6 Å². The Kier molecular flexibility index (Phi) is 7.80. The Morgan fingerprint density at radius 2 is 1.85 bits per heavy atom. The van der Waals surface area contributed by atoms with Crippen molar-refractivity contribution >= 4 is 17.8 Å². The lowest BCUT2D eigenvalue weighted by molar-refractivity contribution is -0.148. The molecule has 1 fully saturated rings. The van der Waals surface area contributed by atoms with Crippen LogP contribution in [-0.4, -0.2) is 36.5 Å². The summed E-state index contributed by atoms with van der Waals surface area (Å²) >= 11 is 0. The summed E-state index contributed by atoms with van der Waals surface area (Å²) in [6, 6.07) is 9.87. The van der Waals surface area contributed by atoms with Gasteiger partial charge in [-0.1, -0.05) is 18.2 Å². The van der Waals surface area contributed by atoms with Crippen LogP contribution in [-0.2, 0) is 14.3 Å². The first-order valence-electron chi connectivity index (χ1n) is 9.17. The number of hydrogen-bond donors (Lipinski definition) is 2. The van der Waals surface area contributed by atoms with Gasteiger partial charge in [0.2, 0.25) is 5.91 Å². The molecule has 0 saturated heterocycles. The second kappa shape index (κ2) is 10.3. The van der Waals surface area contributed by atoms with Crippen LogP contribution >= 0.6 is 0 Å². The Morgan fingerprint density at radius 1 is 1.19 bits per heavy atom. The molecule has 1 aromatic rings. The number of benzene rings is 1. The molecule has 0 heterocycles. The predicted octanol–water partition coefficient (Wildman–Crippen LogP) is 1.94. The Balaban J connectivity index is 1.96. The molecule has 1 aromatic carbocycles. The SMILES string of the molecule is CC(=O)OC1CCC(C[C@H](NC(=O)c2ccccc2)C(=O)NCC#N)CC1. The Hall–Kier alpha value is -2.88. The van der Waals surface area contributed by atoms with Crippen LogP contribution in [0.2, 0.25) is 0 Å². The third-order valence-electron chi connectivity index (χ3n) is 4.69. The van der Waals surface area contributed by atoms with Gasteiger partial charge in [-0.25, -0.2) is 0 Å². The summed E-state index contributed by atoms with van der Waals surface area (Å²) in [5.74, 6) is -0.711. The summed E-state index contributed by atoms with van der Waals surface area (Å²) in [4.78, 5) is 35.9. The molecular formula is C20H25N3O4. The monoisotopic (exact) mass is 371 g/mol. The van der Waals surface area contributed by atoms with Crippen molar-refractivity contribution in [3.05, 3.63) is 35.9 Å². The molecule has 1 aliphatic rings. The fourth-order valence-electron chi connectivity index (χ4n) is 3.37. The van der Waals surface area contributed by atoms with E-state index >= 15 is 0 Å². The maximum absolute atomic E-state index is 12.4. The predicted molar refractivity (Wildman–Crippen MR) is 98.4 cm³/mol. The highest BCUT2D eigenvalue weighted by Gasteiger charge is 2.29. The van der Waals surface area contributed by atoms with E-state index < -0.39 is 6.04 Å². The van der Waals surface area contributed by atoms with Gasteiger partial charge in [-0.3, -0.25) is 14.4 Å². The fraction of sp³-hybridized carbons (Fsp3) is 0.500. The summed E-state index contributed by atoms with van der Waals surface area (Å²) in [6.45, 7) is 1.30. The van der Waals surface area contributed by atoms with Crippen molar-refractivity contribution in [2.45, 2.75) is 51.2 Å². The number of hydrogen-bond acceptors (Lipinski definition) is 5. The smallest absolute Gasteiger partial charge is 0.302 e. The number of ether oxygens (including phenoxy) is 1. The largest absolute Gasteiger partial charge is 0.463 e. The van der Waals surface area contributed by atoms with E-state index in [2.05, 4.69) is 10.6 Å². The van der Waals surface area contributed by atoms with E-state index in [0.717, 1.165) is 25.7 Å². The van der Waals surface area contributed by atoms with E-state index in [1.54, 1.807) is 24.3 Å². The molecule has 1 aliphatic carbocycles. The Labute approximate surface area is 159 Å². The first-order valence-corrected chi connectivity index (χ1v) is 9.17. The normalized spacial score (nSPS) is 20.0. The zero-order valence-corrected chi connectivity index (χ0v) is 15.4. The van der Waals surface area contributed by atoms with Crippen molar-refractivity contribution in [2.75, 3.05) is 6.54 Å². The van der Waals surface area contributed by atoms with Crippen molar-refractivity contribution in [3.63, 3.8) is 0 Å². The number of amides is 2. The van der Waals surface area contributed by atoms with E-state index in [1.807, 2.05) is 12.1 Å². The van der Waals surface area contributed by atoms with Gasteiger partial charge in [0.1, 0.15) is 18.7 Å². The molecule has 2 rings (SSSR count). The summed E-state index contributed by atoms with van der Waals surface area (Å²) < 4.78 is 5.24. The van der Waals surface area contributed by atoms with Gasteiger partial charge in [0.25, 0.3) is 5.91 Å². The van der Waals surface area contributed by atoms with Gasteiger partial charge in [-0.05, 0) is 50.2 Å². The molecule has 144 valence electrons. The van der Waals surface area contributed by atoms with Crippen LogP contribution in [0.15, 0.2) is 30.3 Å². The lowest BCUT2D eigenvalue weighted by Gasteiger charge is -2.30. The lowest BCUT2D eigenvalue weighted by atomic mass is 9.83. The minimum atomic E-state index is -0.707. The molecule has 0 aromatic heterocycles. The number of esters is 1. The number of carbonyl (C=O) groups is 3. The Morgan fingerprint density at radius 3 is 2.44 bits per heavy atom. The van der Waals surface area contributed by atoms with Crippen LogP contribution in [0.25, 0.3) is 0 Å². The maximum atomic E-state index is 12.4. The average Bonchev–Trinajstić information content (AvgIpc) is 2.67. The zero-order chi connectivity index (χ0) is 19.6. The van der Waals surface area contributed by atoms with Gasteiger partial charge < -0.3 is 15.4 Å². The standard InChI is InChI=1S/C20H25N3O4/c1-14(24)27-17-9-7-15(8-10-17)13-18(20(26)22-12-11-21)23-19(25)16-5-3-2-4-6-16/h2-6,15,17-18H,7-10,12-13H2,1H3,(H,22,26)(H,23,25)/t15?,17?,18-/m0/s1. The minimum Gasteiger partial charge on any atom is -0.463 e. The number of nitrogens with zero attached hydrogens (tertiary/aromatic N) is 1. The maximum Gasteiger partial charge on any atom is 0.302 e. The second-order valence-electron chi connectivity index (χ2n) is 6.76. The van der Waals surface area contributed by atoms with Crippen LogP contribution in [0.3, 0.4) is 0 Å². The molecule has 27 heavy (non-hydrogen) atoms. The molecular weight excluding hydrogens is 346 g/mol. The van der Waals surface area contributed by atoms with E-state index in [1.165, 1.54) is 6.92 Å². The number of rotatable bonds is 7. The molecule has 1 atom stereocenters. The van der Waals surface area contributed by atoms with Gasteiger partial charge in [0.05, 0.1) is 6.07 Å². The van der Waals surface area contributed by atoms with Crippen molar-refractivity contribution in [2.24, 2.45) is 5.92 Å². The molecule has 0 radical (unpaired) electrons. The Bertz CT molecular complexity index is 691. The van der Waals surface area contributed by atoms with Gasteiger partial charge in [0, 0.05) is 12.5 Å². The van der Waals surface area contributed by atoms with Crippen molar-refractivity contribution in [1.29, 1.82) is 5.26 Å². The summed E-state index contributed by atoms with van der Waals surface area (Å²) in [6.07, 6.45) is 3.57. The first kappa shape index (κ1) is 20.4. The average molecular weight is 371 g/mol. The summed E-state index contributed by atoms with van der Waals surface area (Å²) in [5.41, 5.74) is 0.481. The van der Waals surface area contributed by atoms with Crippen molar-refractivity contribution < 1.29 is 19.1 Å². The van der Waals surface area contributed by atoms with E-state index in [4.69, 9.17) is 10.00 Å². The van der Waals surface area contributed by atoms with E-state index in [-0.39, 0.29) is 36.4 Å². The molecule has 0 aliphatic heterocycles. The molecule has 7 heteroatoms. The number of nitrogens with one attached hydrogen (secondary N) is 2. The lowest BCUT2D eigenvalue weighted by Crippen LogP contribution is -2.48.